The predicted octanol–water partition coefficient (Wildman–Crippen LogP) is 4.93. The molecule has 0 unspecified atom stereocenters. The van der Waals surface area contributed by atoms with Crippen LogP contribution in [0.15, 0.2) is 48.7 Å². The summed E-state index contributed by atoms with van der Waals surface area (Å²) in [6, 6.07) is 12.9. The van der Waals surface area contributed by atoms with Crippen molar-refractivity contribution >= 4 is 17.8 Å². The molecule has 9 heteroatoms. The highest BCUT2D eigenvalue weighted by molar-refractivity contribution is 5.94. The van der Waals surface area contributed by atoms with Crippen LogP contribution in [0.1, 0.15) is 39.5 Å². The van der Waals surface area contributed by atoms with Gasteiger partial charge in [0.1, 0.15) is 12.3 Å². The molecule has 1 heterocycles. The molecule has 1 fully saturated rings. The summed E-state index contributed by atoms with van der Waals surface area (Å²) in [7, 11) is 4.77. The quantitative estimate of drug-likeness (QED) is 0.407. The van der Waals surface area contributed by atoms with E-state index in [9.17, 15) is 9.59 Å². The van der Waals surface area contributed by atoms with E-state index in [0.29, 0.717) is 23.1 Å². The third kappa shape index (κ3) is 5.93. The summed E-state index contributed by atoms with van der Waals surface area (Å²) in [5.41, 5.74) is 2.26. The summed E-state index contributed by atoms with van der Waals surface area (Å²) >= 11 is 0. The summed E-state index contributed by atoms with van der Waals surface area (Å²) < 4.78 is 17.9. The van der Waals surface area contributed by atoms with Crippen molar-refractivity contribution in [2.75, 3.05) is 33.2 Å². The summed E-state index contributed by atoms with van der Waals surface area (Å²) in [5.74, 6) is 1.96. The van der Waals surface area contributed by atoms with Crippen LogP contribution in [0.4, 0.5) is 5.95 Å². The van der Waals surface area contributed by atoms with Crippen molar-refractivity contribution in [1.29, 1.82) is 0 Å². The number of benzene rings is 2. The van der Waals surface area contributed by atoms with Gasteiger partial charge in [0.2, 0.25) is 17.8 Å². The molecule has 1 saturated carbocycles. The molecule has 1 aliphatic carbocycles. The third-order valence-corrected chi connectivity index (χ3v) is 6.91. The molecule has 2 aromatic carbocycles. The molecule has 0 saturated heterocycles. The lowest BCUT2D eigenvalue weighted by molar-refractivity contribution is -0.140. The van der Waals surface area contributed by atoms with Crippen molar-refractivity contribution in [3.05, 3.63) is 48.7 Å². The number of imidazole rings is 1. The fraction of sp³-hybridized carbons (Fsp3) is 0.414. The topological polar surface area (TPSA) is 94.9 Å². The van der Waals surface area contributed by atoms with E-state index in [1.54, 1.807) is 36.9 Å². The van der Waals surface area contributed by atoms with Gasteiger partial charge in [0.25, 0.3) is 0 Å². The van der Waals surface area contributed by atoms with Gasteiger partial charge >= 0.3 is 0 Å². The first-order chi connectivity index (χ1) is 18.3. The minimum Gasteiger partial charge on any atom is -0.497 e. The summed E-state index contributed by atoms with van der Waals surface area (Å²) in [6.07, 6.45) is 5.75. The zero-order valence-electron chi connectivity index (χ0n) is 22.7. The molecule has 0 bridgehead atoms. The first-order valence-electron chi connectivity index (χ1n) is 12.9. The van der Waals surface area contributed by atoms with Gasteiger partial charge in [0.15, 0.2) is 11.5 Å². The number of ether oxygens (including phenoxy) is 3. The Hall–Kier alpha value is -4.01. The van der Waals surface area contributed by atoms with Crippen LogP contribution in [-0.2, 0) is 9.59 Å². The normalized spacial score (nSPS) is 13.4. The van der Waals surface area contributed by atoms with Gasteiger partial charge in [-0.1, -0.05) is 12.8 Å². The Morgan fingerprint density at radius 1 is 1.00 bits per heavy atom. The zero-order valence-corrected chi connectivity index (χ0v) is 22.7. The Balaban J connectivity index is 1.65. The van der Waals surface area contributed by atoms with Crippen LogP contribution in [0.5, 0.6) is 17.2 Å². The van der Waals surface area contributed by atoms with E-state index >= 15 is 0 Å². The Labute approximate surface area is 223 Å². The van der Waals surface area contributed by atoms with Crippen molar-refractivity contribution in [2.45, 2.75) is 45.6 Å². The fourth-order valence-corrected chi connectivity index (χ4v) is 4.78. The molecule has 38 heavy (non-hydrogen) atoms. The number of methoxy groups -OCH3 is 3. The Morgan fingerprint density at radius 2 is 1.68 bits per heavy atom. The van der Waals surface area contributed by atoms with Gasteiger partial charge in [0, 0.05) is 29.8 Å². The molecule has 1 N–H and O–H groups in total. The van der Waals surface area contributed by atoms with Crippen LogP contribution < -0.4 is 19.5 Å². The van der Waals surface area contributed by atoms with E-state index in [1.165, 1.54) is 0 Å². The molecule has 0 aliphatic heterocycles. The average molecular weight is 521 g/mol. The second kappa shape index (κ2) is 12.0. The van der Waals surface area contributed by atoms with Gasteiger partial charge in [-0.3, -0.25) is 19.5 Å². The summed E-state index contributed by atoms with van der Waals surface area (Å²) in [4.78, 5) is 32.8. The van der Waals surface area contributed by atoms with Crippen LogP contribution >= 0.6 is 0 Å². The van der Waals surface area contributed by atoms with Crippen LogP contribution in [0, 0.1) is 5.92 Å². The number of hydrogen-bond acceptors (Lipinski definition) is 6. The lowest BCUT2D eigenvalue weighted by Crippen LogP contribution is -2.45. The zero-order chi connectivity index (χ0) is 27.2. The number of carbonyl (C=O) groups is 2. The highest BCUT2D eigenvalue weighted by atomic mass is 16.5. The van der Waals surface area contributed by atoms with Gasteiger partial charge in [-0.15, -0.1) is 0 Å². The number of carbonyl (C=O) groups excluding carboxylic acids is 2. The van der Waals surface area contributed by atoms with E-state index in [4.69, 9.17) is 19.2 Å². The molecule has 202 valence electrons. The highest BCUT2D eigenvalue weighted by Crippen LogP contribution is 2.32. The molecule has 0 spiro atoms. The maximum atomic E-state index is 13.3. The SMILES string of the molecule is COc1ccc(-c2cn(-c3ccc(OC)c(OC)c3)c(NC(=O)CN(C(=O)C3CCCC3)C(C)C)n2)cc1. The van der Waals surface area contributed by atoms with Crippen LogP contribution in [-0.4, -0.2) is 60.2 Å². The Kier molecular flexibility index (Phi) is 8.55. The number of aromatic nitrogens is 2. The molecule has 9 nitrogen and oxygen atoms in total. The molecule has 1 aromatic heterocycles. The molecule has 1 aliphatic rings. The molecule has 4 rings (SSSR count). The number of nitrogens with one attached hydrogen (secondary N) is 1. The minimum atomic E-state index is -0.307. The van der Waals surface area contributed by atoms with E-state index in [0.717, 1.165) is 42.7 Å². The van der Waals surface area contributed by atoms with E-state index in [-0.39, 0.29) is 30.3 Å². The number of hydrogen-bond donors (Lipinski definition) is 1. The Morgan fingerprint density at radius 3 is 2.29 bits per heavy atom. The van der Waals surface area contributed by atoms with Crippen LogP contribution in [0.25, 0.3) is 16.9 Å². The molecular weight excluding hydrogens is 484 g/mol. The van der Waals surface area contributed by atoms with Gasteiger partial charge in [-0.25, -0.2) is 4.98 Å². The van der Waals surface area contributed by atoms with Crippen molar-refractivity contribution < 1.29 is 23.8 Å². The first-order valence-corrected chi connectivity index (χ1v) is 12.9. The van der Waals surface area contributed by atoms with Crippen LogP contribution in [0.2, 0.25) is 0 Å². The maximum Gasteiger partial charge on any atom is 0.246 e. The fourth-order valence-electron chi connectivity index (χ4n) is 4.78. The van der Waals surface area contributed by atoms with Gasteiger partial charge < -0.3 is 19.1 Å². The Bertz CT molecular complexity index is 1260. The number of amides is 2. The molecule has 3 aromatic rings. The largest absolute Gasteiger partial charge is 0.497 e. The van der Waals surface area contributed by atoms with E-state index in [1.807, 2.05) is 56.4 Å². The van der Waals surface area contributed by atoms with Gasteiger partial charge in [0.05, 0.1) is 32.7 Å². The second-order valence-electron chi connectivity index (χ2n) is 9.68. The summed E-state index contributed by atoms with van der Waals surface area (Å²) in [6.45, 7) is 3.84. The lowest BCUT2D eigenvalue weighted by atomic mass is 10.1. The molecular formula is C29H36N4O5. The predicted molar refractivity (Wildman–Crippen MR) is 146 cm³/mol. The number of rotatable bonds is 10. The number of nitrogens with zero attached hydrogens (tertiary/aromatic N) is 3. The standard InChI is InChI=1S/C29H36N4O5/c1-19(2)32(28(35)21-8-6-7-9-21)18-27(34)31-29-30-24(20-10-13-23(36-3)14-11-20)17-33(29)22-12-15-25(37-4)26(16-22)38-5/h10-17,19,21H,6-9,18H2,1-5H3,(H,30,31,34). The first kappa shape index (κ1) is 27.0. The number of anilines is 1. The van der Waals surface area contributed by atoms with E-state index in [2.05, 4.69) is 5.32 Å². The second-order valence-corrected chi connectivity index (χ2v) is 9.68. The average Bonchev–Trinajstić information content (AvgIpc) is 3.62. The molecule has 0 atom stereocenters. The van der Waals surface area contributed by atoms with Crippen molar-refractivity contribution in [3.8, 4) is 34.2 Å². The monoisotopic (exact) mass is 520 g/mol. The third-order valence-electron chi connectivity index (χ3n) is 6.91. The van der Waals surface area contributed by atoms with Gasteiger partial charge in [-0.05, 0) is 63.1 Å². The smallest absolute Gasteiger partial charge is 0.246 e. The summed E-state index contributed by atoms with van der Waals surface area (Å²) in [5, 5.41) is 2.94. The molecule has 2 amide bonds. The highest BCUT2D eigenvalue weighted by Gasteiger charge is 2.30. The van der Waals surface area contributed by atoms with E-state index < -0.39 is 0 Å². The van der Waals surface area contributed by atoms with Gasteiger partial charge in [-0.2, -0.15) is 0 Å². The minimum absolute atomic E-state index is 0.000579. The van der Waals surface area contributed by atoms with Crippen molar-refractivity contribution in [2.24, 2.45) is 5.92 Å². The lowest BCUT2D eigenvalue weighted by Gasteiger charge is -2.28. The maximum absolute atomic E-state index is 13.3. The van der Waals surface area contributed by atoms with Crippen LogP contribution in [0.3, 0.4) is 0 Å². The molecule has 0 radical (unpaired) electrons. The van der Waals surface area contributed by atoms with Crippen molar-refractivity contribution in [1.82, 2.24) is 14.5 Å². The van der Waals surface area contributed by atoms with Crippen molar-refractivity contribution in [3.63, 3.8) is 0 Å².